The Bertz CT molecular complexity index is 316. The third kappa shape index (κ3) is 5.51. The second kappa shape index (κ2) is 6.22. The molecule has 1 aromatic rings. The SMILES string of the molecule is C[Si](C)(C)CC(CBr)Cc1ccc(Cl)cc1. The van der Waals surface area contributed by atoms with E-state index < -0.39 is 8.07 Å². The van der Waals surface area contributed by atoms with Crippen molar-refractivity contribution in [2.45, 2.75) is 32.1 Å². The van der Waals surface area contributed by atoms with Gasteiger partial charge in [0.15, 0.2) is 0 Å². The van der Waals surface area contributed by atoms with Gasteiger partial charge in [-0.15, -0.1) is 0 Å². The summed E-state index contributed by atoms with van der Waals surface area (Å²) in [6.45, 7) is 7.31. The highest BCUT2D eigenvalue weighted by Crippen LogP contribution is 2.23. The highest BCUT2D eigenvalue weighted by Gasteiger charge is 2.19. The van der Waals surface area contributed by atoms with Gasteiger partial charge < -0.3 is 0 Å². The first-order valence-electron chi connectivity index (χ1n) is 5.71. The van der Waals surface area contributed by atoms with Gasteiger partial charge in [0.05, 0.1) is 0 Å². The first-order valence-corrected chi connectivity index (χ1v) is 10.9. The molecule has 0 bridgehead atoms. The lowest BCUT2D eigenvalue weighted by Crippen LogP contribution is -2.25. The van der Waals surface area contributed by atoms with E-state index in [9.17, 15) is 0 Å². The number of rotatable bonds is 5. The zero-order valence-electron chi connectivity index (χ0n) is 10.3. The van der Waals surface area contributed by atoms with Gasteiger partial charge in [-0.05, 0) is 30.0 Å². The van der Waals surface area contributed by atoms with E-state index in [0.29, 0.717) is 0 Å². The van der Waals surface area contributed by atoms with E-state index in [0.717, 1.165) is 22.7 Å². The van der Waals surface area contributed by atoms with Crippen molar-refractivity contribution in [2.24, 2.45) is 5.92 Å². The summed E-state index contributed by atoms with van der Waals surface area (Å²) in [6.07, 6.45) is 1.16. The summed E-state index contributed by atoms with van der Waals surface area (Å²) in [6, 6.07) is 9.62. The van der Waals surface area contributed by atoms with Crippen molar-refractivity contribution in [3.8, 4) is 0 Å². The van der Waals surface area contributed by atoms with Crippen LogP contribution in [0.15, 0.2) is 24.3 Å². The van der Waals surface area contributed by atoms with Crippen LogP contribution in [0.1, 0.15) is 5.56 Å². The third-order valence-electron chi connectivity index (χ3n) is 2.56. The van der Waals surface area contributed by atoms with E-state index in [-0.39, 0.29) is 0 Å². The summed E-state index contributed by atoms with van der Waals surface area (Å²) in [7, 11) is -0.962. The predicted octanol–water partition coefficient (Wildman–Crippen LogP) is 5.23. The van der Waals surface area contributed by atoms with Crippen LogP contribution < -0.4 is 0 Å². The molecule has 0 fully saturated rings. The number of halogens is 2. The van der Waals surface area contributed by atoms with Gasteiger partial charge >= 0.3 is 0 Å². The topological polar surface area (TPSA) is 0 Å². The lowest BCUT2D eigenvalue weighted by atomic mass is 10.0. The molecule has 0 heterocycles. The molecule has 90 valence electrons. The molecular weight excluding hydrogens is 300 g/mol. The average Bonchev–Trinajstić information content (AvgIpc) is 2.18. The van der Waals surface area contributed by atoms with Crippen LogP contribution in [0.5, 0.6) is 0 Å². The monoisotopic (exact) mass is 318 g/mol. The second-order valence-electron chi connectivity index (χ2n) is 5.62. The lowest BCUT2D eigenvalue weighted by Gasteiger charge is -2.23. The highest BCUT2D eigenvalue weighted by atomic mass is 79.9. The molecule has 16 heavy (non-hydrogen) atoms. The summed E-state index contributed by atoms with van der Waals surface area (Å²) in [5.41, 5.74) is 1.40. The Morgan fingerprint density at radius 2 is 1.75 bits per heavy atom. The molecule has 0 spiro atoms. The Balaban J connectivity index is 2.60. The minimum atomic E-state index is -0.962. The maximum absolute atomic E-state index is 5.89. The second-order valence-corrected chi connectivity index (χ2v) is 12.2. The van der Waals surface area contributed by atoms with Gasteiger partial charge in [-0.2, -0.15) is 0 Å². The van der Waals surface area contributed by atoms with Gasteiger partial charge in [-0.1, -0.05) is 65.3 Å². The normalized spacial score (nSPS) is 13.8. The van der Waals surface area contributed by atoms with Crippen LogP contribution in [0.4, 0.5) is 0 Å². The zero-order valence-corrected chi connectivity index (χ0v) is 13.6. The van der Waals surface area contributed by atoms with Crippen LogP contribution in [0.3, 0.4) is 0 Å². The Morgan fingerprint density at radius 1 is 1.19 bits per heavy atom. The minimum Gasteiger partial charge on any atom is -0.0925 e. The van der Waals surface area contributed by atoms with Gasteiger partial charge in [0.2, 0.25) is 0 Å². The van der Waals surface area contributed by atoms with Crippen LogP contribution in [-0.2, 0) is 6.42 Å². The van der Waals surface area contributed by atoms with Gasteiger partial charge in [-0.3, -0.25) is 0 Å². The molecule has 0 aliphatic carbocycles. The Kier molecular flexibility index (Phi) is 5.55. The van der Waals surface area contributed by atoms with E-state index >= 15 is 0 Å². The molecule has 0 amide bonds. The summed E-state index contributed by atoms with van der Waals surface area (Å²) in [5.74, 6) is 0.757. The van der Waals surface area contributed by atoms with Crippen LogP contribution in [0.2, 0.25) is 30.7 Å². The van der Waals surface area contributed by atoms with Gasteiger partial charge in [-0.25, -0.2) is 0 Å². The van der Waals surface area contributed by atoms with Crippen LogP contribution in [0.25, 0.3) is 0 Å². The molecule has 1 aromatic carbocycles. The summed E-state index contributed by atoms with van der Waals surface area (Å²) in [5, 5.41) is 1.92. The van der Waals surface area contributed by atoms with Crippen LogP contribution in [0, 0.1) is 5.92 Å². The lowest BCUT2D eigenvalue weighted by molar-refractivity contribution is 0.651. The quantitative estimate of drug-likeness (QED) is 0.515. The smallest absolute Gasteiger partial charge is 0.0445 e. The number of hydrogen-bond acceptors (Lipinski definition) is 0. The van der Waals surface area contributed by atoms with E-state index in [4.69, 9.17) is 11.6 Å². The first-order chi connectivity index (χ1) is 7.40. The summed E-state index contributed by atoms with van der Waals surface area (Å²) < 4.78 is 0. The largest absolute Gasteiger partial charge is 0.0925 e. The van der Waals surface area contributed by atoms with Crippen molar-refractivity contribution in [2.75, 3.05) is 5.33 Å². The molecular formula is C13H20BrClSi. The third-order valence-corrected chi connectivity index (χ3v) is 5.53. The van der Waals surface area contributed by atoms with Crippen molar-refractivity contribution in [1.29, 1.82) is 0 Å². The van der Waals surface area contributed by atoms with Crippen LogP contribution in [-0.4, -0.2) is 13.4 Å². The molecule has 1 atom stereocenters. The molecule has 0 radical (unpaired) electrons. The van der Waals surface area contributed by atoms with Crippen LogP contribution >= 0.6 is 27.5 Å². The Morgan fingerprint density at radius 3 is 2.19 bits per heavy atom. The number of benzene rings is 1. The average molecular weight is 320 g/mol. The molecule has 0 aromatic heterocycles. The fraction of sp³-hybridized carbons (Fsp3) is 0.538. The van der Waals surface area contributed by atoms with Gasteiger partial charge in [0.1, 0.15) is 0 Å². The Labute approximate surface area is 114 Å². The van der Waals surface area contributed by atoms with E-state index in [2.05, 4.69) is 47.7 Å². The molecule has 0 aliphatic heterocycles. The fourth-order valence-electron chi connectivity index (χ4n) is 2.00. The molecule has 0 saturated carbocycles. The van der Waals surface area contributed by atoms with Gasteiger partial charge in [0.25, 0.3) is 0 Å². The highest BCUT2D eigenvalue weighted by molar-refractivity contribution is 9.09. The van der Waals surface area contributed by atoms with E-state index in [1.165, 1.54) is 11.6 Å². The molecule has 3 heteroatoms. The summed E-state index contributed by atoms with van der Waals surface area (Å²) in [4.78, 5) is 0. The first kappa shape index (κ1) is 14.3. The van der Waals surface area contributed by atoms with Gasteiger partial charge in [0, 0.05) is 18.4 Å². The zero-order chi connectivity index (χ0) is 12.2. The molecule has 1 unspecified atom stereocenters. The molecule has 1 rings (SSSR count). The Hall–Kier alpha value is 0.207. The number of hydrogen-bond donors (Lipinski definition) is 0. The summed E-state index contributed by atoms with van der Waals surface area (Å²) >= 11 is 9.52. The van der Waals surface area contributed by atoms with Crippen molar-refractivity contribution in [3.63, 3.8) is 0 Å². The molecule has 0 aliphatic rings. The molecule has 0 N–H and O–H groups in total. The van der Waals surface area contributed by atoms with Crippen molar-refractivity contribution >= 4 is 35.6 Å². The number of alkyl halides is 1. The standard InChI is InChI=1S/C13H20BrClSi/c1-16(2,3)10-12(9-14)8-11-4-6-13(15)7-5-11/h4-7,12H,8-10H2,1-3H3. The maximum Gasteiger partial charge on any atom is 0.0445 e. The van der Waals surface area contributed by atoms with Crippen molar-refractivity contribution in [1.82, 2.24) is 0 Å². The van der Waals surface area contributed by atoms with Crippen molar-refractivity contribution < 1.29 is 0 Å². The fourth-order valence-corrected chi connectivity index (χ4v) is 5.03. The predicted molar refractivity (Wildman–Crippen MR) is 80.6 cm³/mol. The molecule has 0 nitrogen and oxygen atoms in total. The van der Waals surface area contributed by atoms with E-state index in [1.54, 1.807) is 0 Å². The maximum atomic E-state index is 5.89. The van der Waals surface area contributed by atoms with Crippen molar-refractivity contribution in [3.05, 3.63) is 34.9 Å². The van der Waals surface area contributed by atoms with E-state index in [1.807, 2.05) is 12.1 Å². The minimum absolute atomic E-state index is 0.757. The molecule has 0 saturated heterocycles.